The van der Waals surface area contributed by atoms with Crippen LogP contribution in [0.2, 0.25) is 10.0 Å². The number of rotatable bonds is 1. The lowest BCUT2D eigenvalue weighted by Gasteiger charge is -2.09. The maximum absolute atomic E-state index is 8.61. The molecule has 0 aliphatic rings. The van der Waals surface area contributed by atoms with Gasteiger partial charge in [0.2, 0.25) is 0 Å². The van der Waals surface area contributed by atoms with Crippen molar-refractivity contribution in [1.29, 1.82) is 5.26 Å². The predicted octanol–water partition coefficient (Wildman–Crippen LogP) is 2.83. The van der Waals surface area contributed by atoms with Crippen LogP contribution < -0.4 is 5.73 Å². The van der Waals surface area contributed by atoms with E-state index in [1.807, 2.05) is 13.0 Å². The quantitative estimate of drug-likeness (QED) is 0.782. The Morgan fingerprint density at radius 1 is 1.38 bits per heavy atom. The van der Waals surface area contributed by atoms with E-state index >= 15 is 0 Å². The molecule has 0 saturated carbocycles. The molecule has 2 nitrogen and oxygen atoms in total. The van der Waals surface area contributed by atoms with Crippen molar-refractivity contribution in [3.8, 4) is 6.07 Å². The average Bonchev–Trinajstić information content (AvgIpc) is 2.02. The molecule has 2 N–H and O–H groups in total. The van der Waals surface area contributed by atoms with Gasteiger partial charge in [0.25, 0.3) is 0 Å². The minimum Gasteiger partial charge on any atom is -0.312 e. The standard InChI is InChI=1S/C9H8Cl2N2/c1-5-2-6(10)9(7(11)3-5)8(13)4-12/h2-3,8H,13H2,1H3. The second-order valence-corrected chi connectivity index (χ2v) is 3.56. The van der Waals surface area contributed by atoms with Gasteiger partial charge in [-0.1, -0.05) is 23.2 Å². The Kier molecular flexibility index (Phi) is 3.16. The molecule has 1 atom stereocenters. The largest absolute Gasteiger partial charge is 0.312 e. The number of benzene rings is 1. The summed E-state index contributed by atoms with van der Waals surface area (Å²) in [7, 11) is 0. The van der Waals surface area contributed by atoms with E-state index in [1.165, 1.54) is 0 Å². The summed E-state index contributed by atoms with van der Waals surface area (Å²) in [4.78, 5) is 0. The third-order valence-corrected chi connectivity index (χ3v) is 2.30. The molecule has 68 valence electrons. The zero-order chi connectivity index (χ0) is 10.0. The lowest BCUT2D eigenvalue weighted by atomic mass is 10.1. The van der Waals surface area contributed by atoms with E-state index in [4.69, 9.17) is 34.2 Å². The van der Waals surface area contributed by atoms with E-state index in [9.17, 15) is 0 Å². The zero-order valence-electron chi connectivity index (χ0n) is 7.01. The first-order chi connectivity index (χ1) is 6.06. The van der Waals surface area contributed by atoms with E-state index < -0.39 is 6.04 Å². The van der Waals surface area contributed by atoms with Crippen LogP contribution in [-0.4, -0.2) is 0 Å². The van der Waals surface area contributed by atoms with Crippen LogP contribution in [0.3, 0.4) is 0 Å². The van der Waals surface area contributed by atoms with Crippen molar-refractivity contribution < 1.29 is 0 Å². The number of hydrogen-bond donors (Lipinski definition) is 1. The minimum absolute atomic E-state index is 0.444. The molecule has 0 aliphatic heterocycles. The van der Waals surface area contributed by atoms with E-state index in [-0.39, 0.29) is 0 Å². The summed E-state index contributed by atoms with van der Waals surface area (Å²) in [5.41, 5.74) is 6.96. The summed E-state index contributed by atoms with van der Waals surface area (Å²) in [5.74, 6) is 0. The van der Waals surface area contributed by atoms with Crippen molar-refractivity contribution in [1.82, 2.24) is 0 Å². The summed E-state index contributed by atoms with van der Waals surface area (Å²) in [6, 6.07) is 4.60. The van der Waals surface area contributed by atoms with Crippen LogP contribution in [0.5, 0.6) is 0 Å². The van der Waals surface area contributed by atoms with Gasteiger partial charge < -0.3 is 5.73 Å². The van der Waals surface area contributed by atoms with Crippen LogP contribution in [-0.2, 0) is 0 Å². The Hall–Kier alpha value is -0.750. The van der Waals surface area contributed by atoms with Gasteiger partial charge in [-0.25, -0.2) is 0 Å². The van der Waals surface area contributed by atoms with Gasteiger partial charge in [-0.05, 0) is 24.6 Å². The lowest BCUT2D eigenvalue weighted by Crippen LogP contribution is -2.08. The second-order valence-electron chi connectivity index (χ2n) is 2.75. The van der Waals surface area contributed by atoms with Crippen molar-refractivity contribution in [3.63, 3.8) is 0 Å². The van der Waals surface area contributed by atoms with E-state index in [2.05, 4.69) is 0 Å². The topological polar surface area (TPSA) is 49.8 Å². The fourth-order valence-corrected chi connectivity index (χ4v) is 1.90. The van der Waals surface area contributed by atoms with Crippen LogP contribution in [0, 0.1) is 18.3 Å². The summed E-state index contributed by atoms with van der Waals surface area (Å²) in [6.45, 7) is 1.87. The van der Waals surface area contributed by atoms with Gasteiger partial charge >= 0.3 is 0 Å². The molecule has 0 fully saturated rings. The van der Waals surface area contributed by atoms with Gasteiger partial charge in [0.15, 0.2) is 0 Å². The highest BCUT2D eigenvalue weighted by Crippen LogP contribution is 2.30. The maximum Gasteiger partial charge on any atom is 0.121 e. The highest BCUT2D eigenvalue weighted by atomic mass is 35.5. The first-order valence-corrected chi connectivity index (χ1v) is 4.42. The number of nitrogens with two attached hydrogens (primary N) is 1. The molecule has 0 aromatic heterocycles. The van der Waals surface area contributed by atoms with Crippen LogP contribution in [0.25, 0.3) is 0 Å². The molecule has 0 heterocycles. The predicted molar refractivity (Wildman–Crippen MR) is 53.7 cm³/mol. The van der Waals surface area contributed by atoms with E-state index in [1.54, 1.807) is 12.1 Å². The third-order valence-electron chi connectivity index (χ3n) is 1.67. The summed E-state index contributed by atoms with van der Waals surface area (Å²) in [5, 5.41) is 9.50. The third kappa shape index (κ3) is 2.13. The van der Waals surface area contributed by atoms with Gasteiger partial charge in [0.1, 0.15) is 6.04 Å². The molecule has 1 unspecified atom stereocenters. The highest BCUT2D eigenvalue weighted by Gasteiger charge is 2.13. The molecule has 1 aromatic rings. The van der Waals surface area contributed by atoms with E-state index in [0.717, 1.165) is 5.56 Å². The zero-order valence-corrected chi connectivity index (χ0v) is 8.52. The van der Waals surface area contributed by atoms with Crippen molar-refractivity contribution in [2.24, 2.45) is 5.73 Å². The van der Waals surface area contributed by atoms with Gasteiger partial charge in [0.05, 0.1) is 6.07 Å². The molecule has 13 heavy (non-hydrogen) atoms. The van der Waals surface area contributed by atoms with Crippen molar-refractivity contribution in [2.75, 3.05) is 0 Å². The molecule has 4 heteroatoms. The monoisotopic (exact) mass is 214 g/mol. The van der Waals surface area contributed by atoms with Crippen molar-refractivity contribution in [2.45, 2.75) is 13.0 Å². The fraction of sp³-hybridized carbons (Fsp3) is 0.222. The molecule has 0 spiro atoms. The molecule has 0 bridgehead atoms. The number of aryl methyl sites for hydroxylation is 1. The minimum atomic E-state index is -0.763. The van der Waals surface area contributed by atoms with Crippen molar-refractivity contribution in [3.05, 3.63) is 33.3 Å². The first-order valence-electron chi connectivity index (χ1n) is 3.67. The molecular weight excluding hydrogens is 207 g/mol. The van der Waals surface area contributed by atoms with Gasteiger partial charge in [-0.2, -0.15) is 5.26 Å². The number of halogens is 2. The summed E-state index contributed by atoms with van der Waals surface area (Å²) in [6.07, 6.45) is 0. The van der Waals surface area contributed by atoms with Gasteiger partial charge in [-0.15, -0.1) is 0 Å². The average molecular weight is 215 g/mol. The Balaban J connectivity index is 3.30. The van der Waals surface area contributed by atoms with Gasteiger partial charge in [0, 0.05) is 15.6 Å². The molecule has 1 rings (SSSR count). The second kappa shape index (κ2) is 3.97. The number of nitrogens with zero attached hydrogens (tertiary/aromatic N) is 1. The molecular formula is C9H8Cl2N2. The molecule has 0 radical (unpaired) electrons. The van der Waals surface area contributed by atoms with Crippen LogP contribution >= 0.6 is 23.2 Å². The normalized spacial score (nSPS) is 12.2. The maximum atomic E-state index is 8.61. The Bertz CT molecular complexity index is 345. The number of hydrogen-bond acceptors (Lipinski definition) is 2. The van der Waals surface area contributed by atoms with Gasteiger partial charge in [-0.3, -0.25) is 0 Å². The SMILES string of the molecule is Cc1cc(Cl)c(C(N)C#N)c(Cl)c1. The van der Waals surface area contributed by atoms with Crippen LogP contribution in [0.15, 0.2) is 12.1 Å². The lowest BCUT2D eigenvalue weighted by molar-refractivity contribution is 0.926. The highest BCUT2D eigenvalue weighted by molar-refractivity contribution is 6.36. The molecule has 0 aliphatic carbocycles. The molecule has 0 amide bonds. The smallest absolute Gasteiger partial charge is 0.121 e. The Morgan fingerprint density at radius 2 is 1.85 bits per heavy atom. The molecule has 0 saturated heterocycles. The Labute approximate surface area is 86.9 Å². The summed E-state index contributed by atoms with van der Waals surface area (Å²) >= 11 is 11.8. The molecule has 1 aromatic carbocycles. The number of nitriles is 1. The van der Waals surface area contributed by atoms with Crippen molar-refractivity contribution >= 4 is 23.2 Å². The first kappa shape index (κ1) is 10.3. The summed E-state index contributed by atoms with van der Waals surface area (Å²) < 4.78 is 0. The Morgan fingerprint density at radius 3 is 2.23 bits per heavy atom. The fourth-order valence-electron chi connectivity index (χ4n) is 1.07. The van der Waals surface area contributed by atoms with Crippen LogP contribution in [0.4, 0.5) is 0 Å². The van der Waals surface area contributed by atoms with E-state index in [0.29, 0.717) is 15.6 Å². The van der Waals surface area contributed by atoms with Crippen LogP contribution in [0.1, 0.15) is 17.2 Å².